The molecule has 2 N–H and O–H groups in total. The van der Waals surface area contributed by atoms with E-state index in [0.717, 1.165) is 55.0 Å². The number of aromatic nitrogens is 2. The number of H-pyrrole nitrogens is 1. The molecule has 1 fully saturated rings. The van der Waals surface area contributed by atoms with Crippen molar-refractivity contribution in [3.05, 3.63) is 59.7 Å². The smallest absolute Gasteiger partial charge is 0.248 e. The standard InChI is InChI=1S/C22H28N4O2/c1-16(2)13-21(27)25-19-5-3-17(4-6-19)15-22(28)26-11-7-18(8-12-26)14-20-23-9-10-24-20/h3-6,9-10,13,18H,7-8,11-12,14-15H2,1-2H3,(H,23,24)(H,25,27). The summed E-state index contributed by atoms with van der Waals surface area (Å²) in [6.07, 6.45) is 8.58. The number of hydrogen-bond donors (Lipinski definition) is 2. The number of hydrogen-bond acceptors (Lipinski definition) is 3. The highest BCUT2D eigenvalue weighted by Gasteiger charge is 2.23. The van der Waals surface area contributed by atoms with E-state index >= 15 is 0 Å². The van der Waals surface area contributed by atoms with E-state index in [0.29, 0.717) is 12.3 Å². The molecule has 28 heavy (non-hydrogen) atoms. The van der Waals surface area contributed by atoms with Crippen LogP contribution in [0, 0.1) is 5.92 Å². The van der Waals surface area contributed by atoms with E-state index in [9.17, 15) is 9.59 Å². The van der Waals surface area contributed by atoms with Crippen molar-refractivity contribution in [3.63, 3.8) is 0 Å². The van der Waals surface area contributed by atoms with Gasteiger partial charge in [0.2, 0.25) is 11.8 Å². The van der Waals surface area contributed by atoms with Crippen LogP contribution in [0.15, 0.2) is 48.3 Å². The zero-order valence-electron chi connectivity index (χ0n) is 16.6. The van der Waals surface area contributed by atoms with Gasteiger partial charge in [-0.15, -0.1) is 0 Å². The van der Waals surface area contributed by atoms with Gasteiger partial charge in [-0.2, -0.15) is 0 Å². The molecule has 1 aliphatic rings. The minimum absolute atomic E-state index is 0.138. The quantitative estimate of drug-likeness (QED) is 0.755. The molecule has 1 aromatic heterocycles. The monoisotopic (exact) mass is 380 g/mol. The largest absolute Gasteiger partial charge is 0.349 e. The Morgan fingerprint density at radius 3 is 2.54 bits per heavy atom. The molecule has 0 saturated carbocycles. The van der Waals surface area contributed by atoms with Crippen LogP contribution in [0.5, 0.6) is 0 Å². The van der Waals surface area contributed by atoms with Crippen molar-refractivity contribution >= 4 is 17.5 Å². The van der Waals surface area contributed by atoms with Gasteiger partial charge < -0.3 is 15.2 Å². The molecule has 0 bridgehead atoms. The summed E-state index contributed by atoms with van der Waals surface area (Å²) in [4.78, 5) is 33.8. The molecule has 0 unspecified atom stereocenters. The zero-order chi connectivity index (χ0) is 19.9. The molecular weight excluding hydrogens is 352 g/mol. The number of piperidine rings is 1. The van der Waals surface area contributed by atoms with Crippen molar-refractivity contribution in [3.8, 4) is 0 Å². The molecule has 0 aliphatic carbocycles. The van der Waals surface area contributed by atoms with Crippen molar-refractivity contribution in [2.45, 2.75) is 39.5 Å². The molecule has 148 valence electrons. The van der Waals surface area contributed by atoms with Crippen molar-refractivity contribution in [1.82, 2.24) is 14.9 Å². The Morgan fingerprint density at radius 1 is 1.21 bits per heavy atom. The van der Waals surface area contributed by atoms with Crippen LogP contribution in [-0.4, -0.2) is 39.8 Å². The Kier molecular flexibility index (Phi) is 6.63. The van der Waals surface area contributed by atoms with Crippen LogP contribution in [0.4, 0.5) is 5.69 Å². The molecule has 1 aromatic carbocycles. The van der Waals surface area contributed by atoms with E-state index in [2.05, 4.69) is 15.3 Å². The number of rotatable bonds is 6. The first-order valence-electron chi connectivity index (χ1n) is 9.80. The molecule has 0 atom stereocenters. The summed E-state index contributed by atoms with van der Waals surface area (Å²) in [5.41, 5.74) is 2.65. The number of amides is 2. The lowest BCUT2D eigenvalue weighted by Crippen LogP contribution is -2.39. The number of allylic oxidation sites excluding steroid dienone is 1. The van der Waals surface area contributed by atoms with E-state index in [1.807, 2.05) is 49.2 Å². The molecule has 2 heterocycles. The van der Waals surface area contributed by atoms with Crippen LogP contribution in [-0.2, 0) is 22.4 Å². The second-order valence-electron chi connectivity index (χ2n) is 7.65. The minimum atomic E-state index is -0.138. The Labute approximate surface area is 166 Å². The average Bonchev–Trinajstić information content (AvgIpc) is 3.16. The minimum Gasteiger partial charge on any atom is -0.349 e. The highest BCUT2D eigenvalue weighted by molar-refractivity contribution is 5.99. The molecule has 2 aromatic rings. The number of nitrogens with zero attached hydrogens (tertiary/aromatic N) is 2. The van der Waals surface area contributed by atoms with Crippen molar-refractivity contribution in [2.24, 2.45) is 5.92 Å². The van der Waals surface area contributed by atoms with Gasteiger partial charge in [0.15, 0.2) is 0 Å². The fraction of sp³-hybridized carbons (Fsp3) is 0.409. The van der Waals surface area contributed by atoms with Gasteiger partial charge in [0.1, 0.15) is 5.82 Å². The predicted octanol–water partition coefficient (Wildman–Crippen LogP) is 3.34. The van der Waals surface area contributed by atoms with Gasteiger partial charge in [0.05, 0.1) is 6.42 Å². The third-order valence-corrected chi connectivity index (χ3v) is 5.00. The normalized spacial score (nSPS) is 14.6. The fourth-order valence-electron chi connectivity index (χ4n) is 3.50. The van der Waals surface area contributed by atoms with Gasteiger partial charge in [-0.05, 0) is 50.3 Å². The van der Waals surface area contributed by atoms with Crippen molar-refractivity contribution in [1.29, 1.82) is 0 Å². The molecule has 2 amide bonds. The molecule has 3 rings (SSSR count). The number of aromatic amines is 1. The van der Waals surface area contributed by atoms with E-state index in [1.54, 1.807) is 12.3 Å². The summed E-state index contributed by atoms with van der Waals surface area (Å²) in [7, 11) is 0. The van der Waals surface area contributed by atoms with Gasteiger partial charge in [-0.25, -0.2) is 4.98 Å². The van der Waals surface area contributed by atoms with Crippen LogP contribution in [0.1, 0.15) is 38.1 Å². The maximum atomic E-state index is 12.6. The summed E-state index contributed by atoms with van der Waals surface area (Å²) >= 11 is 0. The van der Waals surface area contributed by atoms with Crippen molar-refractivity contribution < 1.29 is 9.59 Å². The molecule has 0 radical (unpaired) electrons. The van der Waals surface area contributed by atoms with Gasteiger partial charge in [-0.1, -0.05) is 17.7 Å². The number of carbonyl (C=O) groups excluding carboxylic acids is 2. The maximum Gasteiger partial charge on any atom is 0.248 e. The number of imidazole rings is 1. The van der Waals surface area contributed by atoms with E-state index in [1.165, 1.54) is 0 Å². The van der Waals surface area contributed by atoms with Gasteiger partial charge in [0, 0.05) is 43.7 Å². The second kappa shape index (κ2) is 9.35. The SMILES string of the molecule is CC(C)=CC(=O)Nc1ccc(CC(=O)N2CCC(Cc3ncc[nH]3)CC2)cc1. The van der Waals surface area contributed by atoms with Crippen LogP contribution < -0.4 is 5.32 Å². The van der Waals surface area contributed by atoms with Crippen LogP contribution in [0.2, 0.25) is 0 Å². The number of carbonyl (C=O) groups is 2. The van der Waals surface area contributed by atoms with Gasteiger partial charge >= 0.3 is 0 Å². The summed E-state index contributed by atoms with van der Waals surface area (Å²) in [5, 5.41) is 2.82. The third-order valence-electron chi connectivity index (χ3n) is 5.00. The summed E-state index contributed by atoms with van der Waals surface area (Å²) in [6, 6.07) is 7.49. The lowest BCUT2D eigenvalue weighted by Gasteiger charge is -2.31. The van der Waals surface area contributed by atoms with Crippen LogP contribution in [0.3, 0.4) is 0 Å². The van der Waals surface area contributed by atoms with E-state index in [-0.39, 0.29) is 11.8 Å². The second-order valence-corrected chi connectivity index (χ2v) is 7.65. The third kappa shape index (κ3) is 5.81. The lowest BCUT2D eigenvalue weighted by molar-refractivity contribution is -0.131. The Bertz CT molecular complexity index is 813. The molecule has 6 nitrogen and oxygen atoms in total. The highest BCUT2D eigenvalue weighted by atomic mass is 16.2. The molecule has 1 aliphatic heterocycles. The Balaban J connectivity index is 1.46. The highest BCUT2D eigenvalue weighted by Crippen LogP contribution is 2.21. The average molecular weight is 380 g/mol. The lowest BCUT2D eigenvalue weighted by atomic mass is 9.93. The van der Waals surface area contributed by atoms with Crippen molar-refractivity contribution in [2.75, 3.05) is 18.4 Å². The first kappa shape index (κ1) is 19.9. The van der Waals surface area contributed by atoms with Gasteiger partial charge in [0.25, 0.3) is 0 Å². The summed E-state index contributed by atoms with van der Waals surface area (Å²) in [5.74, 6) is 1.64. The Hall–Kier alpha value is -2.89. The summed E-state index contributed by atoms with van der Waals surface area (Å²) < 4.78 is 0. The first-order chi connectivity index (χ1) is 13.5. The van der Waals surface area contributed by atoms with E-state index < -0.39 is 0 Å². The van der Waals surface area contributed by atoms with E-state index in [4.69, 9.17) is 0 Å². The predicted molar refractivity (Wildman–Crippen MR) is 110 cm³/mol. The topological polar surface area (TPSA) is 78.1 Å². The fourth-order valence-corrected chi connectivity index (χ4v) is 3.50. The molecule has 0 spiro atoms. The molecule has 1 saturated heterocycles. The molecule has 6 heteroatoms. The number of anilines is 1. The summed E-state index contributed by atoms with van der Waals surface area (Å²) in [6.45, 7) is 5.38. The number of likely N-dealkylation sites (tertiary alicyclic amines) is 1. The van der Waals surface area contributed by atoms with Gasteiger partial charge in [-0.3, -0.25) is 9.59 Å². The molecular formula is C22H28N4O2. The Morgan fingerprint density at radius 2 is 1.93 bits per heavy atom. The maximum absolute atomic E-state index is 12.6. The number of nitrogens with one attached hydrogen (secondary N) is 2. The first-order valence-corrected chi connectivity index (χ1v) is 9.80. The van der Waals surface area contributed by atoms with Crippen LogP contribution >= 0.6 is 0 Å². The number of benzene rings is 1. The van der Waals surface area contributed by atoms with Crippen LogP contribution in [0.25, 0.3) is 0 Å². The zero-order valence-corrected chi connectivity index (χ0v) is 16.6.